The van der Waals surface area contributed by atoms with Gasteiger partial charge in [0.15, 0.2) is 5.69 Å². The third-order valence-corrected chi connectivity index (χ3v) is 7.90. The van der Waals surface area contributed by atoms with E-state index in [9.17, 15) is 9.90 Å². The lowest BCUT2D eigenvalue weighted by atomic mass is 9.65. The van der Waals surface area contributed by atoms with E-state index in [-0.39, 0.29) is 5.88 Å². The van der Waals surface area contributed by atoms with Crippen LogP contribution in [-0.2, 0) is 6.67 Å². The van der Waals surface area contributed by atoms with Gasteiger partial charge < -0.3 is 5.11 Å². The van der Waals surface area contributed by atoms with Gasteiger partial charge in [-0.05, 0) is 72.6 Å². The molecule has 2 fully saturated rings. The van der Waals surface area contributed by atoms with Gasteiger partial charge in [-0.1, -0.05) is 48.3 Å². The number of hydrogen-bond acceptors (Lipinski definition) is 4. The summed E-state index contributed by atoms with van der Waals surface area (Å²) in [5.41, 5.74) is 2.16. The Bertz CT molecular complexity index is 1300. The number of carbonyl (C=O) groups excluding carboxylic acids is 1. The molecule has 2 heterocycles. The van der Waals surface area contributed by atoms with Gasteiger partial charge >= 0.3 is 0 Å². The van der Waals surface area contributed by atoms with Crippen molar-refractivity contribution in [1.29, 1.82) is 0 Å². The fourth-order valence-corrected chi connectivity index (χ4v) is 6.69. The summed E-state index contributed by atoms with van der Waals surface area (Å²) in [4.78, 5) is 15.0. The van der Waals surface area contributed by atoms with Crippen LogP contribution in [0.2, 0.25) is 5.02 Å². The topological polar surface area (TPSA) is 70.2 Å². The Morgan fingerprint density at radius 3 is 2.65 bits per heavy atom. The lowest BCUT2D eigenvalue weighted by molar-refractivity contribution is 0.0995. The van der Waals surface area contributed by atoms with Crippen molar-refractivity contribution < 1.29 is 9.90 Å². The minimum Gasteiger partial charge on any atom is -0.493 e. The van der Waals surface area contributed by atoms with Crippen molar-refractivity contribution in [3.05, 3.63) is 57.5 Å². The summed E-state index contributed by atoms with van der Waals surface area (Å²) in [6, 6.07) is 12.8. The number of nitrogens with zero attached hydrogens (tertiary/aromatic N) is 4. The second-order valence-electron chi connectivity index (χ2n) is 10.9. The number of halogens is 2. The third kappa shape index (κ3) is 4.41. The number of carbonyl (C=O) groups is 1. The second kappa shape index (κ2) is 8.47. The van der Waals surface area contributed by atoms with Crippen molar-refractivity contribution in [1.82, 2.24) is 9.47 Å². The van der Waals surface area contributed by atoms with Crippen molar-refractivity contribution in [2.75, 3.05) is 6.54 Å². The van der Waals surface area contributed by atoms with Crippen LogP contribution in [0.25, 0.3) is 10.9 Å². The Morgan fingerprint density at radius 2 is 1.91 bits per heavy atom. The van der Waals surface area contributed by atoms with E-state index in [1.807, 2.05) is 22.8 Å². The highest BCUT2D eigenvalue weighted by Crippen LogP contribution is 2.53. The van der Waals surface area contributed by atoms with Gasteiger partial charge in [0, 0.05) is 33.0 Å². The predicted octanol–water partition coefficient (Wildman–Crippen LogP) is 7.55. The molecule has 0 unspecified atom stereocenters. The van der Waals surface area contributed by atoms with E-state index in [1.165, 1.54) is 12.8 Å². The Hall–Kier alpha value is -2.22. The molecule has 178 valence electrons. The van der Waals surface area contributed by atoms with Gasteiger partial charge in [-0.3, -0.25) is 14.3 Å². The maximum atomic E-state index is 12.5. The molecule has 3 aromatic rings. The van der Waals surface area contributed by atoms with Crippen LogP contribution in [0, 0.1) is 10.8 Å². The number of hydrogen-bond donors (Lipinski definition) is 1. The molecule has 1 N–H and O–H groups in total. The first kappa shape index (κ1) is 23.5. The summed E-state index contributed by atoms with van der Waals surface area (Å²) in [5.74, 6) is -0.470. The molecule has 2 atom stereocenters. The van der Waals surface area contributed by atoms with Crippen LogP contribution in [0.4, 0.5) is 5.69 Å². The molecule has 1 aliphatic heterocycles. The highest BCUT2D eigenvalue weighted by Gasteiger charge is 2.49. The van der Waals surface area contributed by atoms with Crippen molar-refractivity contribution in [2.24, 2.45) is 21.1 Å². The number of fused-ring (bicyclic) bond motifs is 3. The summed E-state index contributed by atoms with van der Waals surface area (Å²) >= 11 is 9.43. The van der Waals surface area contributed by atoms with E-state index in [1.54, 1.807) is 24.3 Å². The molecule has 1 saturated heterocycles. The molecule has 1 saturated carbocycles. The zero-order valence-corrected chi connectivity index (χ0v) is 21.9. The quantitative estimate of drug-likeness (QED) is 0.345. The second-order valence-corrected chi connectivity index (χ2v) is 12.2. The monoisotopic (exact) mass is 542 g/mol. The van der Waals surface area contributed by atoms with E-state index in [0.29, 0.717) is 39.8 Å². The molecule has 6 nitrogen and oxygen atoms in total. The largest absolute Gasteiger partial charge is 0.493 e. The van der Waals surface area contributed by atoms with Crippen molar-refractivity contribution in [2.45, 2.75) is 52.7 Å². The van der Waals surface area contributed by atoms with Crippen LogP contribution < -0.4 is 0 Å². The highest BCUT2D eigenvalue weighted by atomic mass is 79.9. The van der Waals surface area contributed by atoms with E-state index in [2.05, 4.69) is 51.8 Å². The number of azo groups is 1. The fourth-order valence-electron chi connectivity index (χ4n) is 6.21. The molecule has 0 spiro atoms. The number of benzene rings is 2. The van der Waals surface area contributed by atoms with Gasteiger partial charge in [0.1, 0.15) is 0 Å². The van der Waals surface area contributed by atoms with Gasteiger partial charge in [0.2, 0.25) is 5.88 Å². The molecule has 0 radical (unpaired) electrons. The van der Waals surface area contributed by atoms with Gasteiger partial charge in [-0.25, -0.2) is 0 Å². The summed E-state index contributed by atoms with van der Waals surface area (Å²) in [6.07, 6.45) is 3.55. The average molecular weight is 544 g/mol. The van der Waals surface area contributed by atoms with Gasteiger partial charge in [-0.15, -0.1) is 10.2 Å². The summed E-state index contributed by atoms with van der Waals surface area (Å²) in [7, 11) is 0. The number of amides is 1. The lowest BCUT2D eigenvalue weighted by Gasteiger charge is -2.40. The maximum absolute atomic E-state index is 12.5. The van der Waals surface area contributed by atoms with Crippen LogP contribution in [0.5, 0.6) is 5.88 Å². The Kier molecular flexibility index (Phi) is 5.86. The number of aromatic nitrogens is 1. The lowest BCUT2D eigenvalue weighted by Crippen LogP contribution is -2.35. The van der Waals surface area contributed by atoms with Crippen molar-refractivity contribution in [3.8, 4) is 5.88 Å². The normalized spacial score (nSPS) is 24.3. The number of aromatic hydroxyl groups is 1. The SMILES string of the molecule is CC1(C)C[C@H]2C[C@](C)(CN2Cn2c(O)c(N=NC(=O)c3ccc(Cl)cc3)c3cc(Br)ccc32)C1. The zero-order chi connectivity index (χ0) is 24.3. The Labute approximate surface area is 212 Å². The maximum Gasteiger partial charge on any atom is 0.295 e. The van der Waals surface area contributed by atoms with Crippen LogP contribution in [0.3, 0.4) is 0 Å². The minimum absolute atomic E-state index is 0.0200. The first-order valence-electron chi connectivity index (χ1n) is 11.5. The summed E-state index contributed by atoms with van der Waals surface area (Å²) < 4.78 is 2.75. The molecule has 8 heteroatoms. The molecule has 2 bridgehead atoms. The molecular weight excluding hydrogens is 516 g/mol. The van der Waals surface area contributed by atoms with Gasteiger partial charge in [0.25, 0.3) is 5.91 Å². The molecule has 2 aromatic carbocycles. The van der Waals surface area contributed by atoms with Crippen LogP contribution in [0.15, 0.2) is 57.2 Å². The molecule has 1 aliphatic carbocycles. The number of rotatable bonds is 4. The highest BCUT2D eigenvalue weighted by molar-refractivity contribution is 9.10. The van der Waals surface area contributed by atoms with E-state index in [0.717, 1.165) is 28.3 Å². The first-order chi connectivity index (χ1) is 16.0. The van der Waals surface area contributed by atoms with Gasteiger partial charge in [0.05, 0.1) is 12.2 Å². The number of likely N-dealkylation sites (tertiary alicyclic amines) is 1. The molecule has 1 amide bonds. The molecule has 34 heavy (non-hydrogen) atoms. The van der Waals surface area contributed by atoms with Crippen LogP contribution >= 0.6 is 27.5 Å². The Balaban J connectivity index is 1.49. The molecule has 1 aromatic heterocycles. The first-order valence-corrected chi connectivity index (χ1v) is 12.7. The minimum atomic E-state index is -0.490. The standard InChI is InChI=1S/C26H28BrClN4O2/c1-25(2)11-19-12-26(3,13-25)14-31(19)15-32-21-9-6-17(27)10-20(21)22(24(32)34)29-30-23(33)16-4-7-18(28)8-5-16/h4-10,19,34H,11-15H2,1-3H3/t19-,26-/m0/s1. The van der Waals surface area contributed by atoms with E-state index in [4.69, 9.17) is 11.6 Å². The van der Waals surface area contributed by atoms with E-state index >= 15 is 0 Å². The molecule has 5 rings (SSSR count). The summed E-state index contributed by atoms with van der Waals surface area (Å²) in [6.45, 7) is 8.67. The van der Waals surface area contributed by atoms with Crippen molar-refractivity contribution in [3.63, 3.8) is 0 Å². The molecular formula is C26H28BrClN4O2. The smallest absolute Gasteiger partial charge is 0.295 e. The zero-order valence-electron chi connectivity index (χ0n) is 19.6. The third-order valence-electron chi connectivity index (χ3n) is 7.15. The van der Waals surface area contributed by atoms with Crippen LogP contribution in [-0.4, -0.2) is 33.1 Å². The Morgan fingerprint density at radius 1 is 1.18 bits per heavy atom. The molecule has 2 aliphatic rings. The van der Waals surface area contributed by atoms with Crippen molar-refractivity contribution >= 4 is 50.0 Å². The van der Waals surface area contributed by atoms with Crippen LogP contribution in [0.1, 0.15) is 50.4 Å². The predicted molar refractivity (Wildman–Crippen MR) is 138 cm³/mol. The van der Waals surface area contributed by atoms with E-state index < -0.39 is 5.91 Å². The fraction of sp³-hybridized carbons (Fsp3) is 0.423. The van der Waals surface area contributed by atoms with Gasteiger partial charge in [-0.2, -0.15) is 0 Å². The average Bonchev–Trinajstić information content (AvgIpc) is 3.15. The summed E-state index contributed by atoms with van der Waals surface area (Å²) in [5, 5.41) is 20.6.